The molecule has 1 radical (unpaired) electrons. The number of hydrogen-bond acceptors (Lipinski definition) is 0. The van der Waals surface area contributed by atoms with E-state index in [0.29, 0.717) is 0 Å². The smallest absolute Gasteiger partial charge is 2.00 e. The molecule has 0 aromatic rings. The fourth-order valence-corrected chi connectivity index (χ4v) is 0. The van der Waals surface area contributed by atoms with Crippen molar-refractivity contribution in [3.8, 4) is 0 Å². The van der Waals surface area contributed by atoms with E-state index in [9.17, 15) is 0 Å². The van der Waals surface area contributed by atoms with E-state index in [0.717, 1.165) is 0 Å². The molecule has 0 amide bonds. The molecule has 0 atom stereocenters. The summed E-state index contributed by atoms with van der Waals surface area (Å²) in [6.07, 6.45) is 0. The molecule has 0 aliphatic carbocycles. The SMILES string of the molecule is [Al+3].[Mn+2].[O-2].[O-2].[O-2].[O-2]. The van der Waals surface area contributed by atoms with Gasteiger partial charge in [0.25, 0.3) is 0 Å². The first-order chi connectivity index (χ1) is 0. The summed E-state index contributed by atoms with van der Waals surface area (Å²) in [4.78, 5) is 0. The molecular weight excluding hydrogens is 146 g/mol. The van der Waals surface area contributed by atoms with Gasteiger partial charge in [-0.3, -0.25) is 0 Å². The van der Waals surface area contributed by atoms with Crippen LogP contribution in [0.1, 0.15) is 0 Å². The fraction of sp³-hybridized carbons (Fsp3) is 0. The van der Waals surface area contributed by atoms with E-state index in [2.05, 4.69) is 0 Å². The molecule has 0 aliphatic rings. The Balaban J connectivity index is 0. The van der Waals surface area contributed by atoms with Crippen LogP contribution in [0.15, 0.2) is 0 Å². The largest absolute Gasteiger partial charge is 3.00 e. The molecule has 6 heavy (non-hydrogen) atoms. The summed E-state index contributed by atoms with van der Waals surface area (Å²) >= 11 is 0. The van der Waals surface area contributed by atoms with Crippen LogP contribution in [0.4, 0.5) is 0 Å². The topological polar surface area (TPSA) is 114 Å². The van der Waals surface area contributed by atoms with Crippen molar-refractivity contribution in [1.82, 2.24) is 0 Å². The Morgan fingerprint density at radius 3 is 0.500 bits per heavy atom. The first-order valence-electron chi connectivity index (χ1n) is 0. The van der Waals surface area contributed by atoms with Crippen molar-refractivity contribution in [1.29, 1.82) is 0 Å². The van der Waals surface area contributed by atoms with Crippen molar-refractivity contribution in [3.05, 3.63) is 0 Å². The predicted molar refractivity (Wildman–Crippen MR) is 8.50 cm³/mol. The van der Waals surface area contributed by atoms with Gasteiger partial charge in [0, 0.05) is 0 Å². The quantitative estimate of drug-likeness (QED) is 0.395. The van der Waals surface area contributed by atoms with E-state index in [1.54, 1.807) is 0 Å². The molecule has 0 heterocycles. The van der Waals surface area contributed by atoms with Crippen LogP contribution in [0, 0.1) is 0 Å². The summed E-state index contributed by atoms with van der Waals surface area (Å²) in [7, 11) is 0. The van der Waals surface area contributed by atoms with Crippen LogP contribution in [0.5, 0.6) is 0 Å². The van der Waals surface area contributed by atoms with Gasteiger partial charge in [-0.05, 0) is 0 Å². The molecule has 0 N–H and O–H groups in total. The van der Waals surface area contributed by atoms with Gasteiger partial charge < -0.3 is 21.9 Å². The molecule has 0 bridgehead atoms. The number of hydrogen-bond donors (Lipinski definition) is 0. The zero-order valence-corrected chi connectivity index (χ0v) is 4.92. The Morgan fingerprint density at radius 1 is 0.500 bits per heavy atom. The normalized spacial score (nSPS) is 0. The van der Waals surface area contributed by atoms with Crippen LogP contribution in [-0.2, 0) is 39.0 Å². The van der Waals surface area contributed by atoms with Gasteiger partial charge >= 0.3 is 34.4 Å². The molecule has 0 spiro atoms. The van der Waals surface area contributed by atoms with Gasteiger partial charge in [-0.2, -0.15) is 0 Å². The van der Waals surface area contributed by atoms with E-state index in [1.807, 2.05) is 0 Å². The van der Waals surface area contributed by atoms with Crippen molar-refractivity contribution in [3.63, 3.8) is 0 Å². The molecule has 0 unspecified atom stereocenters. The molecule has 0 aromatic carbocycles. The van der Waals surface area contributed by atoms with Crippen LogP contribution >= 0.6 is 0 Å². The number of rotatable bonds is 0. The van der Waals surface area contributed by atoms with Gasteiger partial charge in [0.1, 0.15) is 0 Å². The Hall–Kier alpha value is 0.892. The maximum Gasteiger partial charge on any atom is 3.00 e. The first kappa shape index (κ1) is 301. The zero-order valence-electron chi connectivity index (χ0n) is 2.59. The summed E-state index contributed by atoms with van der Waals surface area (Å²) in [5.74, 6) is 0. The monoisotopic (exact) mass is 146 g/mol. The molecule has 37 valence electrons. The van der Waals surface area contributed by atoms with Crippen LogP contribution in [0.2, 0.25) is 0 Å². The zero-order chi connectivity index (χ0) is 0. The van der Waals surface area contributed by atoms with Gasteiger partial charge in [-0.25, -0.2) is 0 Å². The molecule has 6 heteroatoms. The predicted octanol–water partition coefficient (Wildman–Crippen LogP) is -0.859. The van der Waals surface area contributed by atoms with E-state index < -0.39 is 0 Å². The average molecular weight is 146 g/mol. The van der Waals surface area contributed by atoms with Gasteiger partial charge in [-0.1, -0.05) is 0 Å². The van der Waals surface area contributed by atoms with Gasteiger partial charge in [0.05, 0.1) is 0 Å². The molecule has 0 saturated heterocycles. The fourth-order valence-electron chi connectivity index (χ4n) is 0. The molecule has 0 saturated carbocycles. The molecule has 0 rings (SSSR count). The second kappa shape index (κ2) is 177. The van der Waals surface area contributed by atoms with Gasteiger partial charge in [0.2, 0.25) is 0 Å². The van der Waals surface area contributed by atoms with Crippen molar-refractivity contribution < 1.29 is 39.0 Å². The van der Waals surface area contributed by atoms with Gasteiger partial charge in [-0.15, -0.1) is 0 Å². The van der Waals surface area contributed by atoms with E-state index >= 15 is 0 Å². The van der Waals surface area contributed by atoms with Crippen molar-refractivity contribution in [2.45, 2.75) is 0 Å². The Bertz CT molecular complexity index is 7.51. The Morgan fingerprint density at radius 2 is 0.500 bits per heavy atom. The van der Waals surface area contributed by atoms with Crippen molar-refractivity contribution >= 4 is 17.4 Å². The van der Waals surface area contributed by atoms with Crippen LogP contribution in [-0.4, -0.2) is 17.4 Å². The molecule has 0 aromatic heterocycles. The third-order valence-corrected chi connectivity index (χ3v) is 0. The van der Waals surface area contributed by atoms with Gasteiger partial charge in [0.15, 0.2) is 0 Å². The molecule has 0 fully saturated rings. The minimum Gasteiger partial charge on any atom is -2.00 e. The summed E-state index contributed by atoms with van der Waals surface area (Å²) in [6.45, 7) is 0. The third-order valence-electron chi connectivity index (χ3n) is 0. The molecule has 4 nitrogen and oxygen atoms in total. The average Bonchev–Trinajstić information content (AvgIpc) is 0. The van der Waals surface area contributed by atoms with Crippen LogP contribution in [0.3, 0.4) is 0 Å². The van der Waals surface area contributed by atoms with Crippen molar-refractivity contribution in [2.75, 3.05) is 0 Å². The molecule has 0 aliphatic heterocycles. The summed E-state index contributed by atoms with van der Waals surface area (Å²) in [5.41, 5.74) is 0. The van der Waals surface area contributed by atoms with Crippen LogP contribution < -0.4 is 0 Å². The summed E-state index contributed by atoms with van der Waals surface area (Å²) in [5, 5.41) is 0. The maximum absolute atomic E-state index is 0. The standard InChI is InChI=1S/Al.Mn.4O/q+3;+2;4*-2. The summed E-state index contributed by atoms with van der Waals surface area (Å²) in [6, 6.07) is 0. The first-order valence-corrected chi connectivity index (χ1v) is 0. The van der Waals surface area contributed by atoms with E-state index in [4.69, 9.17) is 0 Å². The second-order valence-electron chi connectivity index (χ2n) is 0. The summed E-state index contributed by atoms with van der Waals surface area (Å²) < 4.78 is 0. The second-order valence-corrected chi connectivity index (χ2v) is 0. The van der Waals surface area contributed by atoms with E-state index in [1.165, 1.54) is 0 Å². The minimum atomic E-state index is 0. The van der Waals surface area contributed by atoms with Crippen LogP contribution in [0.25, 0.3) is 0 Å². The minimum absolute atomic E-state index is 0. The Kier molecular flexibility index (Phi) is 8880. The Labute approximate surface area is 56.8 Å². The maximum atomic E-state index is 0. The third kappa shape index (κ3) is 93.1. The van der Waals surface area contributed by atoms with Crippen molar-refractivity contribution in [2.24, 2.45) is 0 Å². The molecular formula is AlMnO4-3. The van der Waals surface area contributed by atoms with E-state index in [-0.39, 0.29) is 56.3 Å².